The Balaban J connectivity index is 1.43. The molecule has 1 aromatic heterocycles. The Bertz CT molecular complexity index is 268. The molecule has 1 N–H and O–H groups in total. The summed E-state index contributed by atoms with van der Waals surface area (Å²) in [4.78, 5) is 0. The first kappa shape index (κ1) is 11.6. The van der Waals surface area contributed by atoms with E-state index in [1.54, 1.807) is 6.26 Å². The predicted octanol–water partition coefficient (Wildman–Crippen LogP) is 1.56. The highest BCUT2D eigenvalue weighted by Gasteiger charge is 2.14. The predicted molar refractivity (Wildman–Crippen MR) is 60.2 cm³/mol. The highest BCUT2D eigenvalue weighted by molar-refractivity contribution is 4.97. The van der Waals surface area contributed by atoms with Crippen LogP contribution in [0.25, 0.3) is 0 Å². The quantitative estimate of drug-likeness (QED) is 0.715. The van der Waals surface area contributed by atoms with Crippen molar-refractivity contribution >= 4 is 0 Å². The number of ether oxygens (including phenoxy) is 2. The summed E-state index contributed by atoms with van der Waals surface area (Å²) in [7, 11) is 0. The number of hydrogen-bond acceptors (Lipinski definition) is 4. The third kappa shape index (κ3) is 3.96. The zero-order valence-electron chi connectivity index (χ0n) is 9.48. The summed E-state index contributed by atoms with van der Waals surface area (Å²) < 4.78 is 16.1. The Morgan fingerprint density at radius 3 is 3.25 bits per heavy atom. The Kier molecular flexibility index (Phi) is 4.86. The van der Waals surface area contributed by atoms with Crippen molar-refractivity contribution in [1.82, 2.24) is 5.32 Å². The van der Waals surface area contributed by atoms with Gasteiger partial charge in [-0.15, -0.1) is 0 Å². The lowest BCUT2D eigenvalue weighted by molar-refractivity contribution is 0.0415. The first-order chi connectivity index (χ1) is 7.95. The van der Waals surface area contributed by atoms with Gasteiger partial charge in [-0.05, 0) is 31.5 Å². The zero-order valence-corrected chi connectivity index (χ0v) is 9.48. The first-order valence-corrected chi connectivity index (χ1v) is 5.87. The third-order valence-corrected chi connectivity index (χ3v) is 2.62. The summed E-state index contributed by atoms with van der Waals surface area (Å²) in [5.74, 6) is 0.977. The molecule has 1 fully saturated rings. The molecule has 16 heavy (non-hydrogen) atoms. The molecule has 0 radical (unpaired) electrons. The van der Waals surface area contributed by atoms with Crippen LogP contribution in [0.3, 0.4) is 0 Å². The topological polar surface area (TPSA) is 43.6 Å². The summed E-state index contributed by atoms with van der Waals surface area (Å²) >= 11 is 0. The second-order valence-electron chi connectivity index (χ2n) is 3.97. The number of rotatable bonds is 7. The molecule has 4 nitrogen and oxygen atoms in total. The summed E-state index contributed by atoms with van der Waals surface area (Å²) in [5.41, 5.74) is 0. The minimum absolute atomic E-state index is 0.324. The molecule has 1 unspecified atom stereocenters. The largest absolute Gasteiger partial charge is 0.468 e. The molecule has 0 saturated carbocycles. The van der Waals surface area contributed by atoms with E-state index in [0.29, 0.717) is 6.10 Å². The number of nitrogens with one attached hydrogen (secondary N) is 1. The molecule has 1 saturated heterocycles. The van der Waals surface area contributed by atoms with Crippen LogP contribution in [0.2, 0.25) is 0 Å². The van der Waals surface area contributed by atoms with Gasteiger partial charge in [0.25, 0.3) is 0 Å². The lowest BCUT2D eigenvalue weighted by Gasteiger charge is -2.09. The molecule has 0 aromatic carbocycles. The second-order valence-corrected chi connectivity index (χ2v) is 3.97. The molecule has 0 amide bonds. The molecule has 1 atom stereocenters. The van der Waals surface area contributed by atoms with Crippen LogP contribution in [0.5, 0.6) is 0 Å². The van der Waals surface area contributed by atoms with E-state index in [0.717, 1.165) is 51.5 Å². The van der Waals surface area contributed by atoms with E-state index in [4.69, 9.17) is 13.9 Å². The van der Waals surface area contributed by atoms with Gasteiger partial charge in [0, 0.05) is 13.2 Å². The van der Waals surface area contributed by atoms with E-state index in [9.17, 15) is 0 Å². The smallest absolute Gasteiger partial charge is 0.117 e. The van der Waals surface area contributed by atoms with Gasteiger partial charge in [0.15, 0.2) is 0 Å². The van der Waals surface area contributed by atoms with Crippen molar-refractivity contribution in [3.05, 3.63) is 24.2 Å². The van der Waals surface area contributed by atoms with Crippen LogP contribution >= 0.6 is 0 Å². The van der Waals surface area contributed by atoms with Crippen molar-refractivity contribution in [3.8, 4) is 0 Å². The van der Waals surface area contributed by atoms with Gasteiger partial charge in [-0.1, -0.05) is 0 Å². The minimum Gasteiger partial charge on any atom is -0.468 e. The standard InChI is InChI=1S/C12H19NO3/c1-3-11(15-6-1)9-13-5-2-7-16-12-4-8-14-10-12/h1,3,6,12-13H,2,4-5,7-10H2. The van der Waals surface area contributed by atoms with Crippen LogP contribution in [0.1, 0.15) is 18.6 Å². The van der Waals surface area contributed by atoms with Crippen molar-refractivity contribution in [2.24, 2.45) is 0 Å². The van der Waals surface area contributed by atoms with E-state index in [-0.39, 0.29) is 0 Å². The molecule has 2 rings (SSSR count). The van der Waals surface area contributed by atoms with E-state index in [1.165, 1.54) is 0 Å². The SMILES string of the molecule is c1coc(CNCCCOC2CCOC2)c1. The monoisotopic (exact) mass is 225 g/mol. The molecule has 0 spiro atoms. The van der Waals surface area contributed by atoms with Crippen molar-refractivity contribution in [1.29, 1.82) is 0 Å². The number of furan rings is 1. The molecular formula is C12H19NO3. The van der Waals surface area contributed by atoms with Crippen molar-refractivity contribution in [3.63, 3.8) is 0 Å². The van der Waals surface area contributed by atoms with Gasteiger partial charge in [-0.25, -0.2) is 0 Å². The summed E-state index contributed by atoms with van der Waals surface area (Å²) in [5, 5.41) is 3.31. The maximum Gasteiger partial charge on any atom is 0.117 e. The molecule has 0 bridgehead atoms. The fraction of sp³-hybridized carbons (Fsp3) is 0.667. The van der Waals surface area contributed by atoms with Gasteiger partial charge in [0.2, 0.25) is 0 Å². The fourth-order valence-corrected chi connectivity index (χ4v) is 1.72. The summed E-state index contributed by atoms with van der Waals surface area (Å²) in [6.45, 7) is 4.16. The average Bonchev–Trinajstić information content (AvgIpc) is 2.96. The maximum atomic E-state index is 5.65. The normalized spacial score (nSPS) is 20.4. The molecule has 1 aliphatic heterocycles. The van der Waals surface area contributed by atoms with E-state index in [1.807, 2.05) is 12.1 Å². The van der Waals surface area contributed by atoms with Gasteiger partial charge in [-0.3, -0.25) is 0 Å². The number of hydrogen-bond donors (Lipinski definition) is 1. The van der Waals surface area contributed by atoms with Gasteiger partial charge in [0.05, 0.1) is 25.5 Å². The van der Waals surface area contributed by atoms with Crippen LogP contribution in [0.15, 0.2) is 22.8 Å². The highest BCUT2D eigenvalue weighted by Crippen LogP contribution is 2.07. The van der Waals surface area contributed by atoms with Gasteiger partial charge in [0.1, 0.15) is 5.76 Å². The third-order valence-electron chi connectivity index (χ3n) is 2.62. The molecule has 4 heteroatoms. The van der Waals surface area contributed by atoms with Crippen molar-refractivity contribution in [2.75, 3.05) is 26.4 Å². The second kappa shape index (κ2) is 6.68. The Labute approximate surface area is 95.9 Å². The van der Waals surface area contributed by atoms with Crippen molar-refractivity contribution in [2.45, 2.75) is 25.5 Å². The van der Waals surface area contributed by atoms with Crippen LogP contribution in [0, 0.1) is 0 Å². The van der Waals surface area contributed by atoms with Crippen LogP contribution < -0.4 is 5.32 Å². The van der Waals surface area contributed by atoms with Crippen LogP contribution in [-0.4, -0.2) is 32.5 Å². The minimum atomic E-state index is 0.324. The van der Waals surface area contributed by atoms with Crippen LogP contribution in [0.4, 0.5) is 0 Å². The van der Waals surface area contributed by atoms with E-state index >= 15 is 0 Å². The van der Waals surface area contributed by atoms with E-state index in [2.05, 4.69) is 5.32 Å². The molecule has 1 aliphatic rings. The van der Waals surface area contributed by atoms with Gasteiger partial charge in [-0.2, -0.15) is 0 Å². The Hall–Kier alpha value is -0.840. The highest BCUT2D eigenvalue weighted by atomic mass is 16.5. The van der Waals surface area contributed by atoms with Crippen molar-refractivity contribution < 1.29 is 13.9 Å². The molecular weight excluding hydrogens is 206 g/mol. The van der Waals surface area contributed by atoms with E-state index < -0.39 is 0 Å². The average molecular weight is 225 g/mol. The van der Waals surface area contributed by atoms with Crippen LogP contribution in [-0.2, 0) is 16.0 Å². The van der Waals surface area contributed by atoms with Gasteiger partial charge < -0.3 is 19.2 Å². The fourth-order valence-electron chi connectivity index (χ4n) is 1.72. The first-order valence-electron chi connectivity index (χ1n) is 5.87. The lowest BCUT2D eigenvalue weighted by Crippen LogP contribution is -2.19. The zero-order chi connectivity index (χ0) is 11.1. The summed E-state index contributed by atoms with van der Waals surface area (Å²) in [6.07, 6.45) is 4.09. The maximum absolute atomic E-state index is 5.65. The Morgan fingerprint density at radius 1 is 1.50 bits per heavy atom. The molecule has 90 valence electrons. The molecule has 1 aromatic rings. The molecule has 2 heterocycles. The lowest BCUT2D eigenvalue weighted by atomic mass is 10.3. The summed E-state index contributed by atoms with van der Waals surface area (Å²) in [6, 6.07) is 3.87. The molecule has 0 aliphatic carbocycles. The Morgan fingerprint density at radius 2 is 2.50 bits per heavy atom. The van der Waals surface area contributed by atoms with Gasteiger partial charge >= 0.3 is 0 Å².